The Balaban J connectivity index is 2.10. The van der Waals surface area contributed by atoms with Crippen LogP contribution < -0.4 is 5.73 Å². The van der Waals surface area contributed by atoms with E-state index in [0.29, 0.717) is 11.7 Å². The molecule has 20 heavy (non-hydrogen) atoms. The van der Waals surface area contributed by atoms with Gasteiger partial charge in [0, 0.05) is 11.3 Å². The van der Waals surface area contributed by atoms with Crippen LogP contribution in [0.15, 0.2) is 34.8 Å². The van der Waals surface area contributed by atoms with Crippen molar-refractivity contribution in [2.75, 3.05) is 5.73 Å². The van der Waals surface area contributed by atoms with Gasteiger partial charge in [0.1, 0.15) is 11.6 Å². The summed E-state index contributed by atoms with van der Waals surface area (Å²) in [7, 11) is 0. The summed E-state index contributed by atoms with van der Waals surface area (Å²) in [5, 5.41) is 0. The van der Waals surface area contributed by atoms with E-state index in [0.717, 1.165) is 16.0 Å². The summed E-state index contributed by atoms with van der Waals surface area (Å²) in [4.78, 5) is 9.32. The average Bonchev–Trinajstić information content (AvgIpc) is 3.27. The van der Waals surface area contributed by atoms with Crippen LogP contribution in [0.25, 0.3) is 0 Å². The minimum Gasteiger partial charge on any atom is -0.383 e. The monoisotopic (exact) mass is 331 g/mol. The topological polar surface area (TPSA) is 51.8 Å². The lowest BCUT2D eigenvalue weighted by atomic mass is 9.83. The summed E-state index contributed by atoms with van der Waals surface area (Å²) in [6.07, 6.45) is 2.39. The van der Waals surface area contributed by atoms with Crippen molar-refractivity contribution in [1.82, 2.24) is 9.97 Å². The molecule has 0 aliphatic heterocycles. The molecule has 1 heterocycles. The van der Waals surface area contributed by atoms with Gasteiger partial charge in [-0.3, -0.25) is 0 Å². The first-order valence-corrected chi connectivity index (χ1v) is 7.68. The third-order valence-corrected chi connectivity index (χ3v) is 4.73. The van der Waals surface area contributed by atoms with Gasteiger partial charge in [-0.15, -0.1) is 0 Å². The molecule has 0 unspecified atom stereocenters. The normalized spacial score (nSPS) is 15.3. The molecule has 1 aliphatic rings. The van der Waals surface area contributed by atoms with Crippen molar-refractivity contribution in [2.45, 2.75) is 38.0 Å². The molecule has 0 atom stereocenters. The van der Waals surface area contributed by atoms with Crippen molar-refractivity contribution < 1.29 is 0 Å². The Morgan fingerprint density at radius 3 is 2.40 bits per heavy atom. The summed E-state index contributed by atoms with van der Waals surface area (Å²) >= 11 is 3.53. The number of anilines is 1. The molecular formula is C16H18BrN3. The van der Waals surface area contributed by atoms with Gasteiger partial charge in [-0.2, -0.15) is 0 Å². The maximum atomic E-state index is 6.06. The van der Waals surface area contributed by atoms with Crippen LogP contribution in [-0.2, 0) is 5.41 Å². The molecule has 4 heteroatoms. The first kappa shape index (κ1) is 13.6. The SMILES string of the molecule is CC(C)(c1ccccc1)c1nc(N)c(Br)c(C2CC2)n1. The van der Waals surface area contributed by atoms with Crippen LogP contribution in [0.1, 0.15) is 49.7 Å². The van der Waals surface area contributed by atoms with Crippen LogP contribution in [0.2, 0.25) is 0 Å². The highest BCUT2D eigenvalue weighted by molar-refractivity contribution is 9.10. The van der Waals surface area contributed by atoms with E-state index in [1.165, 1.54) is 18.4 Å². The minimum atomic E-state index is -0.250. The van der Waals surface area contributed by atoms with E-state index in [4.69, 9.17) is 10.7 Å². The van der Waals surface area contributed by atoms with Gasteiger partial charge in [0.15, 0.2) is 0 Å². The van der Waals surface area contributed by atoms with E-state index in [1.807, 2.05) is 18.2 Å². The largest absolute Gasteiger partial charge is 0.383 e. The second-order valence-electron chi connectivity index (χ2n) is 5.90. The Morgan fingerprint density at radius 1 is 1.15 bits per heavy atom. The minimum absolute atomic E-state index is 0.250. The number of halogens is 1. The number of hydrogen-bond donors (Lipinski definition) is 1. The molecule has 1 aromatic carbocycles. The fraction of sp³-hybridized carbons (Fsp3) is 0.375. The second-order valence-corrected chi connectivity index (χ2v) is 6.69. The average molecular weight is 332 g/mol. The first-order valence-electron chi connectivity index (χ1n) is 6.89. The van der Waals surface area contributed by atoms with Crippen molar-refractivity contribution in [3.05, 3.63) is 51.9 Å². The molecule has 1 aliphatic carbocycles. The Bertz CT molecular complexity index is 634. The zero-order valence-corrected chi connectivity index (χ0v) is 13.3. The van der Waals surface area contributed by atoms with Crippen LogP contribution in [-0.4, -0.2) is 9.97 Å². The summed E-state index contributed by atoms with van der Waals surface area (Å²) in [6, 6.07) is 10.3. The van der Waals surface area contributed by atoms with Crippen LogP contribution in [0.4, 0.5) is 5.82 Å². The van der Waals surface area contributed by atoms with Crippen molar-refractivity contribution >= 4 is 21.7 Å². The number of rotatable bonds is 3. The van der Waals surface area contributed by atoms with Crippen LogP contribution in [0, 0.1) is 0 Å². The van der Waals surface area contributed by atoms with Crippen LogP contribution >= 0.6 is 15.9 Å². The van der Waals surface area contributed by atoms with Crippen LogP contribution in [0.3, 0.4) is 0 Å². The zero-order valence-electron chi connectivity index (χ0n) is 11.7. The third kappa shape index (κ3) is 2.33. The van der Waals surface area contributed by atoms with Gasteiger partial charge in [0.2, 0.25) is 0 Å². The molecule has 0 radical (unpaired) electrons. The standard InChI is InChI=1S/C16H18BrN3/c1-16(2,11-6-4-3-5-7-11)15-19-13(10-8-9-10)12(17)14(18)20-15/h3-7,10H,8-9H2,1-2H3,(H2,18,19,20). The van der Waals surface area contributed by atoms with Gasteiger partial charge in [0.05, 0.1) is 10.2 Å². The van der Waals surface area contributed by atoms with E-state index in [9.17, 15) is 0 Å². The predicted octanol–water partition coefficient (Wildman–Crippen LogP) is 4.02. The number of nitrogen functional groups attached to an aromatic ring is 1. The zero-order chi connectivity index (χ0) is 14.3. The fourth-order valence-electron chi connectivity index (χ4n) is 2.37. The third-order valence-electron chi connectivity index (χ3n) is 3.92. The van der Waals surface area contributed by atoms with Crippen molar-refractivity contribution in [1.29, 1.82) is 0 Å². The highest BCUT2D eigenvalue weighted by Crippen LogP contribution is 2.44. The lowest BCUT2D eigenvalue weighted by Gasteiger charge is -2.25. The number of benzene rings is 1. The lowest BCUT2D eigenvalue weighted by molar-refractivity contribution is 0.585. The summed E-state index contributed by atoms with van der Waals surface area (Å²) in [6.45, 7) is 4.28. The van der Waals surface area contributed by atoms with Gasteiger partial charge < -0.3 is 5.73 Å². The molecule has 3 rings (SSSR count). The van der Waals surface area contributed by atoms with Crippen LogP contribution in [0.5, 0.6) is 0 Å². The van der Waals surface area contributed by atoms with Gasteiger partial charge in [-0.1, -0.05) is 30.3 Å². The Kier molecular flexibility index (Phi) is 3.28. The van der Waals surface area contributed by atoms with Gasteiger partial charge in [0.25, 0.3) is 0 Å². The smallest absolute Gasteiger partial charge is 0.141 e. The Labute approximate surface area is 127 Å². The molecule has 0 bridgehead atoms. The Morgan fingerprint density at radius 2 is 1.80 bits per heavy atom. The molecule has 1 saturated carbocycles. The highest BCUT2D eigenvalue weighted by Gasteiger charge is 2.33. The predicted molar refractivity (Wildman–Crippen MR) is 84.7 cm³/mol. The van der Waals surface area contributed by atoms with Gasteiger partial charge in [-0.25, -0.2) is 9.97 Å². The molecule has 104 valence electrons. The summed E-state index contributed by atoms with van der Waals surface area (Å²) in [5.74, 6) is 1.88. The molecule has 1 aromatic heterocycles. The molecule has 0 saturated heterocycles. The van der Waals surface area contributed by atoms with E-state index in [2.05, 4.69) is 46.9 Å². The van der Waals surface area contributed by atoms with Gasteiger partial charge >= 0.3 is 0 Å². The number of hydrogen-bond acceptors (Lipinski definition) is 3. The van der Waals surface area contributed by atoms with Gasteiger partial charge in [-0.05, 0) is 48.2 Å². The maximum absolute atomic E-state index is 6.06. The number of nitrogens with two attached hydrogens (primary N) is 1. The first-order chi connectivity index (χ1) is 9.50. The summed E-state index contributed by atoms with van der Waals surface area (Å²) in [5.41, 5.74) is 8.08. The van der Waals surface area contributed by atoms with E-state index >= 15 is 0 Å². The molecular weight excluding hydrogens is 314 g/mol. The lowest BCUT2D eigenvalue weighted by Crippen LogP contribution is -2.24. The maximum Gasteiger partial charge on any atom is 0.141 e. The quantitative estimate of drug-likeness (QED) is 0.923. The van der Waals surface area contributed by atoms with E-state index in [-0.39, 0.29) is 5.41 Å². The molecule has 3 nitrogen and oxygen atoms in total. The highest BCUT2D eigenvalue weighted by atomic mass is 79.9. The fourth-order valence-corrected chi connectivity index (χ4v) is 2.87. The Hall–Kier alpha value is -1.42. The second kappa shape index (κ2) is 4.85. The molecule has 0 spiro atoms. The van der Waals surface area contributed by atoms with E-state index in [1.54, 1.807) is 0 Å². The molecule has 2 aromatic rings. The molecule has 0 amide bonds. The van der Waals surface area contributed by atoms with E-state index < -0.39 is 0 Å². The molecule has 1 fully saturated rings. The molecule has 2 N–H and O–H groups in total. The van der Waals surface area contributed by atoms with Crippen molar-refractivity contribution in [3.63, 3.8) is 0 Å². The van der Waals surface area contributed by atoms with Crippen molar-refractivity contribution in [2.24, 2.45) is 0 Å². The summed E-state index contributed by atoms with van der Waals surface area (Å²) < 4.78 is 0.868. The number of aromatic nitrogens is 2. The number of nitrogens with zero attached hydrogens (tertiary/aromatic N) is 2. The van der Waals surface area contributed by atoms with Crippen molar-refractivity contribution in [3.8, 4) is 0 Å².